The van der Waals surface area contributed by atoms with Gasteiger partial charge < -0.3 is 10.3 Å². The van der Waals surface area contributed by atoms with E-state index in [9.17, 15) is 0 Å². The average Bonchev–Trinajstić information content (AvgIpc) is 3.03. The predicted octanol–water partition coefficient (Wildman–Crippen LogP) is 3.25. The zero-order valence-corrected chi connectivity index (χ0v) is 11.8. The molecule has 4 nitrogen and oxygen atoms in total. The van der Waals surface area contributed by atoms with E-state index >= 15 is 0 Å². The van der Waals surface area contributed by atoms with Crippen LogP contribution >= 0.6 is 11.3 Å². The van der Waals surface area contributed by atoms with Gasteiger partial charge in [-0.3, -0.25) is 0 Å². The van der Waals surface area contributed by atoms with Crippen molar-refractivity contribution >= 4 is 28.1 Å². The summed E-state index contributed by atoms with van der Waals surface area (Å²) in [4.78, 5) is 10.2. The van der Waals surface area contributed by atoms with Crippen molar-refractivity contribution in [2.45, 2.75) is 26.3 Å². The van der Waals surface area contributed by atoms with Gasteiger partial charge in [0.05, 0.1) is 23.4 Å². The molecule has 1 unspecified atom stereocenters. The molecule has 0 radical (unpaired) electrons. The van der Waals surface area contributed by atoms with E-state index in [0.717, 1.165) is 28.1 Å². The Hall–Kier alpha value is -1.88. The summed E-state index contributed by atoms with van der Waals surface area (Å²) in [5, 5.41) is 1.12. The van der Waals surface area contributed by atoms with Gasteiger partial charge in [0.1, 0.15) is 5.01 Å². The Labute approximate surface area is 115 Å². The summed E-state index contributed by atoms with van der Waals surface area (Å²) in [6.45, 7) is 4.30. The molecule has 3 rings (SSSR count). The standard InChI is InChI=1S/C14H16N4S/c1-3-11-7-16-14(19-11)9(2)18-8-17-12-6-10(15)4-5-13(12)18/h4-9H,3,15H2,1-2H3. The number of nitrogens with two attached hydrogens (primary N) is 1. The molecule has 3 aromatic rings. The first kappa shape index (κ1) is 12.2. The quantitative estimate of drug-likeness (QED) is 0.745. The van der Waals surface area contributed by atoms with E-state index in [1.54, 1.807) is 11.3 Å². The van der Waals surface area contributed by atoms with Crippen LogP contribution in [0.2, 0.25) is 0 Å². The van der Waals surface area contributed by atoms with Crippen molar-refractivity contribution in [3.05, 3.63) is 40.6 Å². The number of imidazole rings is 1. The first-order valence-electron chi connectivity index (χ1n) is 6.35. The molecule has 2 heterocycles. The zero-order chi connectivity index (χ0) is 13.4. The van der Waals surface area contributed by atoms with Crippen LogP contribution in [0.4, 0.5) is 5.69 Å². The number of aryl methyl sites for hydroxylation is 1. The highest BCUT2D eigenvalue weighted by Gasteiger charge is 2.14. The lowest BCUT2D eigenvalue weighted by Gasteiger charge is -2.11. The normalized spacial score (nSPS) is 12.9. The maximum Gasteiger partial charge on any atom is 0.115 e. The molecule has 5 heteroatoms. The third-order valence-electron chi connectivity index (χ3n) is 3.29. The molecule has 0 bridgehead atoms. The Bertz CT molecular complexity index is 713. The van der Waals surface area contributed by atoms with Crippen LogP contribution in [0.25, 0.3) is 11.0 Å². The van der Waals surface area contributed by atoms with Gasteiger partial charge in [-0.05, 0) is 31.5 Å². The number of fused-ring (bicyclic) bond motifs is 1. The van der Waals surface area contributed by atoms with Gasteiger partial charge in [0.25, 0.3) is 0 Å². The van der Waals surface area contributed by atoms with Crippen molar-refractivity contribution in [1.29, 1.82) is 0 Å². The Kier molecular flexibility index (Phi) is 2.98. The Morgan fingerprint density at radius 2 is 2.21 bits per heavy atom. The molecule has 19 heavy (non-hydrogen) atoms. The van der Waals surface area contributed by atoms with Crippen LogP contribution in [-0.2, 0) is 6.42 Å². The first-order valence-corrected chi connectivity index (χ1v) is 7.17. The van der Waals surface area contributed by atoms with E-state index in [0.29, 0.717) is 0 Å². The third-order valence-corrected chi connectivity index (χ3v) is 4.61. The third kappa shape index (κ3) is 2.10. The number of nitrogen functional groups attached to an aromatic ring is 1. The second kappa shape index (κ2) is 4.66. The number of nitrogens with zero attached hydrogens (tertiary/aromatic N) is 3. The van der Waals surface area contributed by atoms with Crippen molar-refractivity contribution in [1.82, 2.24) is 14.5 Å². The van der Waals surface area contributed by atoms with Gasteiger partial charge in [0.15, 0.2) is 0 Å². The summed E-state index contributed by atoms with van der Waals surface area (Å²) in [7, 11) is 0. The minimum absolute atomic E-state index is 0.193. The second-order valence-corrected chi connectivity index (χ2v) is 5.74. The second-order valence-electron chi connectivity index (χ2n) is 4.59. The molecule has 0 saturated heterocycles. The van der Waals surface area contributed by atoms with Crippen LogP contribution in [0.15, 0.2) is 30.7 Å². The molecule has 0 aliphatic rings. The molecule has 0 spiro atoms. The summed E-state index contributed by atoms with van der Waals surface area (Å²) in [6, 6.07) is 6.02. The lowest BCUT2D eigenvalue weighted by Crippen LogP contribution is -2.04. The molecule has 0 aliphatic heterocycles. The van der Waals surface area contributed by atoms with Crippen molar-refractivity contribution in [3.8, 4) is 0 Å². The van der Waals surface area contributed by atoms with Crippen LogP contribution in [0.5, 0.6) is 0 Å². The Balaban J connectivity index is 2.03. The molecule has 1 aromatic carbocycles. The van der Waals surface area contributed by atoms with E-state index in [1.807, 2.05) is 30.7 Å². The lowest BCUT2D eigenvalue weighted by atomic mass is 10.2. The van der Waals surface area contributed by atoms with Gasteiger partial charge in [0.2, 0.25) is 0 Å². The monoisotopic (exact) mass is 272 g/mol. The van der Waals surface area contributed by atoms with E-state index < -0.39 is 0 Å². The SMILES string of the molecule is CCc1cnc(C(C)n2cnc3cc(N)ccc32)s1. The highest BCUT2D eigenvalue weighted by atomic mass is 32.1. The molecule has 0 amide bonds. The average molecular weight is 272 g/mol. The van der Waals surface area contributed by atoms with Crippen LogP contribution in [0, 0.1) is 0 Å². The van der Waals surface area contributed by atoms with Gasteiger partial charge in [-0.1, -0.05) is 6.92 Å². The Morgan fingerprint density at radius 3 is 2.95 bits per heavy atom. The van der Waals surface area contributed by atoms with Crippen LogP contribution < -0.4 is 5.73 Å². The number of aromatic nitrogens is 3. The summed E-state index contributed by atoms with van der Waals surface area (Å²) < 4.78 is 2.15. The first-order chi connectivity index (χ1) is 9.19. The molecule has 0 saturated carbocycles. The maximum atomic E-state index is 5.78. The number of hydrogen-bond donors (Lipinski definition) is 1. The number of thiazole rings is 1. The highest BCUT2D eigenvalue weighted by molar-refractivity contribution is 7.11. The van der Waals surface area contributed by atoms with E-state index in [4.69, 9.17) is 5.73 Å². The molecule has 2 aromatic heterocycles. The maximum absolute atomic E-state index is 5.78. The summed E-state index contributed by atoms with van der Waals surface area (Å²) >= 11 is 1.77. The number of rotatable bonds is 3. The number of benzene rings is 1. The topological polar surface area (TPSA) is 56.7 Å². The fourth-order valence-corrected chi connectivity index (χ4v) is 3.06. The van der Waals surface area contributed by atoms with Crippen molar-refractivity contribution in [3.63, 3.8) is 0 Å². The fraction of sp³-hybridized carbons (Fsp3) is 0.286. The molecular weight excluding hydrogens is 256 g/mol. The van der Waals surface area contributed by atoms with Crippen molar-refractivity contribution in [2.24, 2.45) is 0 Å². The summed E-state index contributed by atoms with van der Waals surface area (Å²) in [6.07, 6.45) is 4.86. The van der Waals surface area contributed by atoms with Gasteiger partial charge in [-0.25, -0.2) is 9.97 Å². The Morgan fingerprint density at radius 1 is 1.37 bits per heavy atom. The summed E-state index contributed by atoms with van der Waals surface area (Å²) in [5.74, 6) is 0. The summed E-state index contributed by atoms with van der Waals surface area (Å²) in [5.41, 5.74) is 8.55. The van der Waals surface area contributed by atoms with E-state index in [2.05, 4.69) is 28.4 Å². The lowest BCUT2D eigenvalue weighted by molar-refractivity contribution is 0.653. The molecule has 98 valence electrons. The minimum Gasteiger partial charge on any atom is -0.399 e. The molecule has 0 fully saturated rings. The fourth-order valence-electron chi connectivity index (χ4n) is 2.16. The van der Waals surface area contributed by atoms with Gasteiger partial charge >= 0.3 is 0 Å². The minimum atomic E-state index is 0.193. The molecule has 1 atom stereocenters. The largest absolute Gasteiger partial charge is 0.399 e. The van der Waals surface area contributed by atoms with Crippen molar-refractivity contribution in [2.75, 3.05) is 5.73 Å². The molecule has 2 N–H and O–H groups in total. The predicted molar refractivity (Wildman–Crippen MR) is 79.5 cm³/mol. The number of anilines is 1. The van der Waals surface area contributed by atoms with Crippen molar-refractivity contribution < 1.29 is 0 Å². The molecular formula is C14H16N4S. The van der Waals surface area contributed by atoms with Gasteiger partial charge in [-0.2, -0.15) is 0 Å². The highest BCUT2D eigenvalue weighted by Crippen LogP contribution is 2.27. The van der Waals surface area contributed by atoms with Gasteiger partial charge in [0, 0.05) is 16.8 Å². The van der Waals surface area contributed by atoms with Crippen LogP contribution in [-0.4, -0.2) is 14.5 Å². The zero-order valence-electron chi connectivity index (χ0n) is 11.0. The smallest absolute Gasteiger partial charge is 0.115 e. The van der Waals surface area contributed by atoms with Crippen LogP contribution in [0.1, 0.15) is 29.8 Å². The van der Waals surface area contributed by atoms with E-state index in [-0.39, 0.29) is 6.04 Å². The van der Waals surface area contributed by atoms with Crippen LogP contribution in [0.3, 0.4) is 0 Å². The van der Waals surface area contributed by atoms with Gasteiger partial charge in [-0.15, -0.1) is 11.3 Å². The number of hydrogen-bond acceptors (Lipinski definition) is 4. The molecule has 0 aliphatic carbocycles. The van der Waals surface area contributed by atoms with E-state index in [1.165, 1.54) is 4.88 Å².